The van der Waals surface area contributed by atoms with Gasteiger partial charge in [0.2, 0.25) is 0 Å². The van der Waals surface area contributed by atoms with Crippen molar-refractivity contribution in [1.29, 1.82) is 0 Å². The Labute approximate surface area is 89.1 Å². The average molecular weight is 269 g/mol. The molecule has 0 amide bonds. The first-order chi connectivity index (χ1) is 5.99. The van der Waals surface area contributed by atoms with Crippen molar-refractivity contribution in [1.82, 2.24) is 0 Å². The van der Waals surface area contributed by atoms with Crippen molar-refractivity contribution in [3.8, 4) is 0 Å². The third-order valence-corrected chi connectivity index (χ3v) is 4.86. The molecule has 1 aliphatic carbocycles. The molecule has 13 heavy (non-hydrogen) atoms. The van der Waals surface area contributed by atoms with Crippen LogP contribution in [0.5, 0.6) is 0 Å². The molecule has 0 aromatic heterocycles. The molecule has 1 fully saturated rings. The highest BCUT2D eigenvalue weighted by Crippen LogP contribution is 2.32. The third-order valence-electron chi connectivity index (χ3n) is 2.68. The molecule has 1 aliphatic rings. The SMILES string of the molecule is CS(=O)(=O)CCC1CCCCC1Br. The standard InChI is InChI=1S/C9H17BrO2S/c1-13(11,12)7-6-8-4-2-3-5-9(8)10/h8-9H,2-7H2,1H3. The monoisotopic (exact) mass is 268 g/mol. The Morgan fingerprint density at radius 1 is 1.31 bits per heavy atom. The highest BCUT2D eigenvalue weighted by atomic mass is 79.9. The molecule has 0 aliphatic heterocycles. The maximum absolute atomic E-state index is 11.0. The third kappa shape index (κ3) is 4.45. The van der Waals surface area contributed by atoms with E-state index in [0.29, 0.717) is 16.5 Å². The molecule has 0 spiro atoms. The number of rotatable bonds is 3. The van der Waals surface area contributed by atoms with Crippen LogP contribution in [0.3, 0.4) is 0 Å². The molecule has 0 saturated heterocycles. The Morgan fingerprint density at radius 3 is 2.46 bits per heavy atom. The van der Waals surface area contributed by atoms with E-state index < -0.39 is 9.84 Å². The molecule has 0 radical (unpaired) electrons. The lowest BCUT2D eigenvalue weighted by atomic mass is 9.87. The maximum atomic E-state index is 11.0. The predicted octanol–water partition coefficient (Wildman–Crippen LogP) is 2.37. The van der Waals surface area contributed by atoms with E-state index >= 15 is 0 Å². The Morgan fingerprint density at radius 2 is 1.92 bits per heavy atom. The first-order valence-electron chi connectivity index (χ1n) is 4.81. The van der Waals surface area contributed by atoms with Crippen LogP contribution in [0.25, 0.3) is 0 Å². The van der Waals surface area contributed by atoms with Gasteiger partial charge >= 0.3 is 0 Å². The van der Waals surface area contributed by atoms with Gasteiger partial charge in [0.05, 0.1) is 5.75 Å². The minimum absolute atomic E-state index is 0.347. The van der Waals surface area contributed by atoms with Gasteiger partial charge in [0.15, 0.2) is 0 Å². The van der Waals surface area contributed by atoms with Gasteiger partial charge in [-0.1, -0.05) is 28.8 Å². The summed E-state index contributed by atoms with van der Waals surface area (Å²) in [6.07, 6.45) is 7.08. The summed E-state index contributed by atoms with van der Waals surface area (Å²) in [4.78, 5) is 0.544. The average Bonchev–Trinajstić information content (AvgIpc) is 2.01. The predicted molar refractivity (Wildman–Crippen MR) is 59.0 cm³/mol. The van der Waals surface area contributed by atoms with Crippen LogP contribution in [0, 0.1) is 5.92 Å². The van der Waals surface area contributed by atoms with Gasteiger partial charge in [0, 0.05) is 11.1 Å². The van der Waals surface area contributed by atoms with Gasteiger partial charge in [-0.2, -0.15) is 0 Å². The summed E-state index contributed by atoms with van der Waals surface area (Å²) in [6, 6.07) is 0. The van der Waals surface area contributed by atoms with Gasteiger partial charge in [-0.05, 0) is 25.2 Å². The molecular weight excluding hydrogens is 252 g/mol. The van der Waals surface area contributed by atoms with E-state index in [1.54, 1.807) is 0 Å². The zero-order valence-corrected chi connectivity index (χ0v) is 10.4. The van der Waals surface area contributed by atoms with Crippen LogP contribution >= 0.6 is 15.9 Å². The number of alkyl halides is 1. The number of hydrogen-bond acceptors (Lipinski definition) is 2. The minimum Gasteiger partial charge on any atom is -0.229 e. The fourth-order valence-corrected chi connectivity index (χ4v) is 3.44. The van der Waals surface area contributed by atoms with E-state index in [4.69, 9.17) is 0 Å². The van der Waals surface area contributed by atoms with Crippen molar-refractivity contribution in [2.45, 2.75) is 36.9 Å². The molecule has 1 saturated carbocycles. The van der Waals surface area contributed by atoms with Crippen molar-refractivity contribution in [3.63, 3.8) is 0 Å². The second-order valence-electron chi connectivity index (χ2n) is 3.98. The van der Waals surface area contributed by atoms with E-state index in [1.165, 1.54) is 31.9 Å². The van der Waals surface area contributed by atoms with Crippen LogP contribution in [0.2, 0.25) is 0 Å². The molecule has 0 heterocycles. The summed E-state index contributed by atoms with van der Waals surface area (Å²) < 4.78 is 21.9. The zero-order valence-electron chi connectivity index (χ0n) is 8.00. The minimum atomic E-state index is -2.77. The summed E-state index contributed by atoms with van der Waals surface area (Å²) >= 11 is 3.63. The lowest BCUT2D eigenvalue weighted by molar-refractivity contribution is 0.366. The fourth-order valence-electron chi connectivity index (χ4n) is 1.85. The maximum Gasteiger partial charge on any atom is 0.147 e. The van der Waals surface area contributed by atoms with Crippen molar-refractivity contribution in [3.05, 3.63) is 0 Å². The molecular formula is C9H17BrO2S. The summed E-state index contributed by atoms with van der Waals surface area (Å²) in [5.74, 6) is 0.920. The molecule has 2 atom stereocenters. The van der Waals surface area contributed by atoms with Crippen LogP contribution in [-0.2, 0) is 9.84 Å². The Hall–Kier alpha value is 0.430. The van der Waals surface area contributed by atoms with Crippen LogP contribution in [-0.4, -0.2) is 25.3 Å². The topological polar surface area (TPSA) is 34.1 Å². The summed E-state index contributed by atoms with van der Waals surface area (Å²) in [6.45, 7) is 0. The fraction of sp³-hybridized carbons (Fsp3) is 1.00. The lowest BCUT2D eigenvalue weighted by Gasteiger charge is -2.26. The number of sulfone groups is 1. The van der Waals surface area contributed by atoms with Crippen LogP contribution < -0.4 is 0 Å². The van der Waals surface area contributed by atoms with E-state index in [9.17, 15) is 8.42 Å². The van der Waals surface area contributed by atoms with E-state index in [0.717, 1.165) is 6.42 Å². The molecule has 2 unspecified atom stereocenters. The zero-order chi connectivity index (χ0) is 9.90. The Balaban J connectivity index is 2.35. The highest BCUT2D eigenvalue weighted by Gasteiger charge is 2.23. The molecule has 0 aromatic rings. The van der Waals surface area contributed by atoms with Crippen LogP contribution in [0.4, 0.5) is 0 Å². The molecule has 0 aromatic carbocycles. The summed E-state index contributed by atoms with van der Waals surface area (Å²) in [7, 11) is -2.77. The van der Waals surface area contributed by atoms with E-state index in [-0.39, 0.29) is 0 Å². The van der Waals surface area contributed by atoms with Crippen LogP contribution in [0.1, 0.15) is 32.1 Å². The van der Waals surface area contributed by atoms with Gasteiger partial charge in [0.25, 0.3) is 0 Å². The molecule has 1 rings (SSSR count). The lowest BCUT2D eigenvalue weighted by Crippen LogP contribution is -2.21. The van der Waals surface area contributed by atoms with Gasteiger partial charge in [-0.3, -0.25) is 0 Å². The first kappa shape index (κ1) is 11.5. The van der Waals surface area contributed by atoms with Crippen molar-refractivity contribution in [2.75, 3.05) is 12.0 Å². The van der Waals surface area contributed by atoms with Crippen molar-refractivity contribution in [2.24, 2.45) is 5.92 Å². The molecule has 0 N–H and O–H groups in total. The van der Waals surface area contributed by atoms with Gasteiger partial charge in [-0.25, -0.2) is 8.42 Å². The molecule has 2 nitrogen and oxygen atoms in total. The highest BCUT2D eigenvalue weighted by molar-refractivity contribution is 9.09. The number of hydrogen-bond donors (Lipinski definition) is 0. The summed E-state index contributed by atoms with van der Waals surface area (Å²) in [5, 5.41) is 0. The summed E-state index contributed by atoms with van der Waals surface area (Å²) in [5.41, 5.74) is 0. The number of halogens is 1. The van der Waals surface area contributed by atoms with Gasteiger partial charge in [0.1, 0.15) is 9.84 Å². The van der Waals surface area contributed by atoms with E-state index in [2.05, 4.69) is 15.9 Å². The molecule has 0 bridgehead atoms. The Kier molecular flexibility index (Phi) is 4.23. The molecule has 4 heteroatoms. The molecule has 78 valence electrons. The largest absolute Gasteiger partial charge is 0.229 e. The second kappa shape index (κ2) is 4.78. The van der Waals surface area contributed by atoms with E-state index in [1.807, 2.05) is 0 Å². The quantitative estimate of drug-likeness (QED) is 0.737. The Bertz CT molecular complexity index is 248. The van der Waals surface area contributed by atoms with Crippen molar-refractivity contribution < 1.29 is 8.42 Å². The van der Waals surface area contributed by atoms with Crippen molar-refractivity contribution >= 4 is 25.8 Å². The van der Waals surface area contributed by atoms with Crippen LogP contribution in [0.15, 0.2) is 0 Å². The van der Waals surface area contributed by atoms with Gasteiger partial charge < -0.3 is 0 Å². The van der Waals surface area contributed by atoms with Gasteiger partial charge in [-0.15, -0.1) is 0 Å². The normalized spacial score (nSPS) is 30.3. The second-order valence-corrected chi connectivity index (χ2v) is 7.41. The smallest absolute Gasteiger partial charge is 0.147 e. The first-order valence-corrected chi connectivity index (χ1v) is 7.78.